The quantitative estimate of drug-likeness (QED) is 0.832. The molecule has 1 aromatic rings. The van der Waals surface area contributed by atoms with E-state index in [4.69, 9.17) is 9.47 Å². The molecule has 0 aromatic heterocycles. The van der Waals surface area contributed by atoms with Crippen molar-refractivity contribution >= 4 is 0 Å². The van der Waals surface area contributed by atoms with Gasteiger partial charge >= 0.3 is 0 Å². The molecule has 3 nitrogen and oxygen atoms in total. The number of methoxy groups -OCH3 is 1. The normalized spacial score (nSPS) is 19.2. The smallest absolute Gasteiger partial charge is 0.118 e. The highest BCUT2D eigenvalue weighted by molar-refractivity contribution is 5.27. The van der Waals surface area contributed by atoms with Gasteiger partial charge in [-0.3, -0.25) is 0 Å². The Morgan fingerprint density at radius 2 is 1.81 bits per heavy atom. The molecule has 1 saturated carbocycles. The average Bonchev–Trinajstić information content (AvgIpc) is 2.54. The molecule has 118 valence electrons. The van der Waals surface area contributed by atoms with E-state index >= 15 is 0 Å². The van der Waals surface area contributed by atoms with Gasteiger partial charge in [0.1, 0.15) is 5.75 Å². The molecule has 0 bridgehead atoms. The Kier molecular flexibility index (Phi) is 6.07. The summed E-state index contributed by atoms with van der Waals surface area (Å²) in [5.74, 6) is 0.873. The number of ether oxygens (including phenoxy) is 2. The van der Waals surface area contributed by atoms with Gasteiger partial charge in [-0.15, -0.1) is 0 Å². The number of aryl methyl sites for hydroxylation is 1. The molecule has 0 aliphatic heterocycles. The molecular formula is C18H28O3. The monoisotopic (exact) mass is 292 g/mol. The zero-order valence-electron chi connectivity index (χ0n) is 13.3. The first-order valence-corrected chi connectivity index (χ1v) is 8.15. The van der Waals surface area contributed by atoms with Crippen molar-refractivity contribution in [2.24, 2.45) is 0 Å². The number of rotatable bonds is 7. The van der Waals surface area contributed by atoms with E-state index in [0.29, 0.717) is 6.61 Å². The fraction of sp³-hybridized carbons (Fsp3) is 0.667. The highest BCUT2D eigenvalue weighted by atomic mass is 16.5. The number of benzene rings is 1. The Hall–Kier alpha value is -1.06. The fourth-order valence-electron chi connectivity index (χ4n) is 3.37. The van der Waals surface area contributed by atoms with Gasteiger partial charge in [-0.2, -0.15) is 0 Å². The van der Waals surface area contributed by atoms with Gasteiger partial charge in [0.15, 0.2) is 0 Å². The lowest BCUT2D eigenvalue weighted by atomic mass is 9.78. The molecule has 1 unspecified atom stereocenters. The summed E-state index contributed by atoms with van der Waals surface area (Å²) in [6.45, 7) is 2.70. The number of aliphatic hydroxyl groups is 1. The van der Waals surface area contributed by atoms with Gasteiger partial charge in [0, 0.05) is 6.61 Å². The van der Waals surface area contributed by atoms with E-state index in [1.165, 1.54) is 24.8 Å². The van der Waals surface area contributed by atoms with Crippen molar-refractivity contribution in [3.63, 3.8) is 0 Å². The van der Waals surface area contributed by atoms with E-state index in [2.05, 4.69) is 12.1 Å². The lowest BCUT2D eigenvalue weighted by Crippen LogP contribution is -2.46. The van der Waals surface area contributed by atoms with E-state index in [-0.39, 0.29) is 11.7 Å². The molecule has 21 heavy (non-hydrogen) atoms. The van der Waals surface area contributed by atoms with Gasteiger partial charge in [-0.05, 0) is 50.3 Å². The molecule has 3 heteroatoms. The minimum atomic E-state index is -0.375. The van der Waals surface area contributed by atoms with Crippen LogP contribution in [0.1, 0.15) is 51.0 Å². The van der Waals surface area contributed by atoms with E-state index in [1.807, 2.05) is 19.1 Å². The summed E-state index contributed by atoms with van der Waals surface area (Å²) in [7, 11) is 1.67. The Morgan fingerprint density at radius 3 is 2.38 bits per heavy atom. The molecule has 0 saturated heterocycles. The van der Waals surface area contributed by atoms with Crippen LogP contribution < -0.4 is 4.74 Å². The van der Waals surface area contributed by atoms with Gasteiger partial charge in [0.25, 0.3) is 0 Å². The second-order valence-electron chi connectivity index (χ2n) is 5.96. The van der Waals surface area contributed by atoms with E-state index in [1.54, 1.807) is 7.11 Å². The zero-order valence-corrected chi connectivity index (χ0v) is 13.3. The fourth-order valence-corrected chi connectivity index (χ4v) is 3.37. The predicted molar refractivity (Wildman–Crippen MR) is 84.8 cm³/mol. The molecular weight excluding hydrogens is 264 g/mol. The molecule has 2 rings (SSSR count). The van der Waals surface area contributed by atoms with Crippen molar-refractivity contribution in [3.8, 4) is 5.75 Å². The van der Waals surface area contributed by atoms with Crippen molar-refractivity contribution < 1.29 is 14.6 Å². The van der Waals surface area contributed by atoms with Crippen molar-refractivity contribution in [3.05, 3.63) is 29.8 Å². The van der Waals surface area contributed by atoms with Crippen LogP contribution in [0.3, 0.4) is 0 Å². The third-order valence-corrected chi connectivity index (χ3v) is 4.60. The topological polar surface area (TPSA) is 38.7 Å². The summed E-state index contributed by atoms with van der Waals surface area (Å²) in [6.07, 6.45) is 6.83. The van der Waals surface area contributed by atoms with E-state index in [9.17, 15) is 5.11 Å². The third-order valence-electron chi connectivity index (χ3n) is 4.60. The average molecular weight is 292 g/mol. The summed E-state index contributed by atoms with van der Waals surface area (Å²) in [4.78, 5) is 0. The second kappa shape index (κ2) is 7.81. The summed E-state index contributed by atoms with van der Waals surface area (Å²) >= 11 is 0. The van der Waals surface area contributed by atoms with Gasteiger partial charge < -0.3 is 14.6 Å². The van der Waals surface area contributed by atoms with Crippen LogP contribution in [0.25, 0.3) is 0 Å². The van der Waals surface area contributed by atoms with Crippen LogP contribution in [0.15, 0.2) is 24.3 Å². The molecule has 0 radical (unpaired) electrons. The van der Waals surface area contributed by atoms with E-state index < -0.39 is 0 Å². The number of hydrogen-bond acceptors (Lipinski definition) is 3. The molecule has 1 aliphatic rings. The minimum Gasteiger partial charge on any atom is -0.497 e. The summed E-state index contributed by atoms with van der Waals surface area (Å²) in [5.41, 5.74) is 0.928. The van der Waals surface area contributed by atoms with Crippen LogP contribution >= 0.6 is 0 Å². The van der Waals surface area contributed by atoms with Gasteiger partial charge in [0.2, 0.25) is 0 Å². The standard InChI is InChI=1S/C18H28O3/c1-3-21-18(13-5-4-6-14-18)17(19)12-9-15-7-10-16(20-2)11-8-15/h7-8,10-11,17,19H,3-6,9,12-14H2,1-2H3. The number of aliphatic hydroxyl groups excluding tert-OH is 1. The van der Waals surface area contributed by atoms with Crippen LogP contribution in [-0.2, 0) is 11.2 Å². The minimum absolute atomic E-state index is 0.306. The largest absolute Gasteiger partial charge is 0.497 e. The molecule has 0 heterocycles. The van der Waals surface area contributed by atoms with Crippen LogP contribution in [-0.4, -0.2) is 30.5 Å². The highest BCUT2D eigenvalue weighted by Gasteiger charge is 2.39. The van der Waals surface area contributed by atoms with Crippen LogP contribution in [0.4, 0.5) is 0 Å². The van der Waals surface area contributed by atoms with Crippen molar-refractivity contribution in [2.45, 2.75) is 63.6 Å². The Balaban J connectivity index is 1.93. The molecule has 1 aliphatic carbocycles. The SMILES string of the molecule is CCOC1(C(O)CCc2ccc(OC)cc2)CCCCC1. The lowest BCUT2D eigenvalue weighted by molar-refractivity contribution is -0.141. The van der Waals surface area contributed by atoms with Crippen LogP contribution in [0.5, 0.6) is 5.75 Å². The van der Waals surface area contributed by atoms with Crippen molar-refractivity contribution in [1.29, 1.82) is 0 Å². The summed E-state index contributed by atoms with van der Waals surface area (Å²) in [6, 6.07) is 8.08. The van der Waals surface area contributed by atoms with Gasteiger partial charge in [-0.25, -0.2) is 0 Å². The third kappa shape index (κ3) is 4.21. The predicted octanol–water partition coefficient (Wildman–Crippen LogP) is 3.73. The van der Waals surface area contributed by atoms with Crippen LogP contribution in [0.2, 0.25) is 0 Å². The maximum atomic E-state index is 10.7. The van der Waals surface area contributed by atoms with E-state index in [0.717, 1.165) is 31.4 Å². The first-order valence-electron chi connectivity index (χ1n) is 8.15. The second-order valence-corrected chi connectivity index (χ2v) is 5.96. The summed E-state index contributed by atoms with van der Waals surface area (Å²) in [5, 5.41) is 10.7. The maximum absolute atomic E-state index is 10.7. The van der Waals surface area contributed by atoms with Crippen molar-refractivity contribution in [1.82, 2.24) is 0 Å². The Bertz CT molecular complexity index is 401. The number of hydrogen-bond donors (Lipinski definition) is 1. The molecule has 1 atom stereocenters. The molecule has 1 N–H and O–H groups in total. The zero-order chi connectivity index (χ0) is 15.1. The van der Waals surface area contributed by atoms with Crippen LogP contribution in [0, 0.1) is 0 Å². The summed E-state index contributed by atoms with van der Waals surface area (Å²) < 4.78 is 11.2. The lowest BCUT2D eigenvalue weighted by Gasteiger charge is -2.41. The molecule has 1 aromatic carbocycles. The Labute approximate surface area is 128 Å². The highest BCUT2D eigenvalue weighted by Crippen LogP contribution is 2.36. The Morgan fingerprint density at radius 1 is 1.14 bits per heavy atom. The maximum Gasteiger partial charge on any atom is 0.118 e. The van der Waals surface area contributed by atoms with Gasteiger partial charge in [0.05, 0.1) is 18.8 Å². The van der Waals surface area contributed by atoms with Crippen molar-refractivity contribution in [2.75, 3.05) is 13.7 Å². The first-order chi connectivity index (χ1) is 10.2. The molecule has 0 amide bonds. The molecule has 1 fully saturated rings. The molecule has 0 spiro atoms. The first kappa shape index (κ1) is 16.3. The van der Waals surface area contributed by atoms with Gasteiger partial charge in [-0.1, -0.05) is 31.4 Å².